The van der Waals surface area contributed by atoms with Crippen LogP contribution in [-0.4, -0.2) is 0 Å². The maximum Gasteiger partial charge on any atom is 0.418 e. The van der Waals surface area contributed by atoms with Gasteiger partial charge in [-0.3, -0.25) is 0 Å². The molecule has 0 unspecified atom stereocenters. The van der Waals surface area contributed by atoms with E-state index in [0.717, 1.165) is 0 Å². The molecule has 2 aromatic rings. The lowest BCUT2D eigenvalue weighted by Crippen LogP contribution is -2.15. The predicted octanol–water partition coefficient (Wildman–Crippen LogP) is 8.48. The Kier molecular flexibility index (Phi) is 6.38. The van der Waals surface area contributed by atoms with Crippen LogP contribution in [0.2, 0.25) is 30.1 Å². The van der Waals surface area contributed by atoms with Gasteiger partial charge in [0.2, 0.25) is 0 Å². The fourth-order valence-corrected chi connectivity index (χ4v) is 4.01. The minimum atomic E-state index is -5.30. The lowest BCUT2D eigenvalue weighted by Gasteiger charge is -2.24. The molecule has 0 radical (unpaired) electrons. The van der Waals surface area contributed by atoms with E-state index in [0.29, 0.717) is 0 Å². The summed E-state index contributed by atoms with van der Waals surface area (Å²) in [7, 11) is 0. The molecule has 14 heteroatoms. The Labute approximate surface area is 183 Å². The molecule has 28 heavy (non-hydrogen) atoms. The summed E-state index contributed by atoms with van der Waals surface area (Å²) < 4.78 is 82.0. The molecule has 2 rings (SSSR count). The van der Waals surface area contributed by atoms with Crippen LogP contribution in [-0.2, 0) is 12.4 Å². The Morgan fingerprint density at radius 2 is 0.714 bits per heavy atom. The van der Waals surface area contributed by atoms with Gasteiger partial charge in [-0.1, -0.05) is 69.6 Å². The second kappa shape index (κ2) is 7.56. The summed E-state index contributed by atoms with van der Waals surface area (Å²) in [6.07, 6.45) is -10.6. The highest BCUT2D eigenvalue weighted by Crippen LogP contribution is 2.57. The van der Waals surface area contributed by atoms with Crippen molar-refractivity contribution in [2.75, 3.05) is 11.5 Å². The zero-order valence-corrected chi connectivity index (χ0v) is 17.2. The van der Waals surface area contributed by atoms with E-state index >= 15 is 0 Å². The number of hydrogen-bond donors (Lipinski definition) is 2. The lowest BCUT2D eigenvalue weighted by atomic mass is 9.93. The van der Waals surface area contributed by atoms with Gasteiger partial charge in [0.15, 0.2) is 0 Å². The first-order valence-electron chi connectivity index (χ1n) is 6.60. The quantitative estimate of drug-likeness (QED) is 0.222. The third-order valence-electron chi connectivity index (χ3n) is 3.53. The number of rotatable bonds is 1. The molecule has 0 saturated carbocycles. The number of nitrogen functional groups attached to an aromatic ring is 2. The number of anilines is 2. The molecule has 0 heterocycles. The number of hydrogen-bond acceptors (Lipinski definition) is 2. The molecule has 0 aliphatic carbocycles. The normalized spacial score (nSPS) is 12.6. The molecule has 0 fully saturated rings. The van der Waals surface area contributed by atoms with Crippen molar-refractivity contribution in [3.05, 3.63) is 41.3 Å². The van der Waals surface area contributed by atoms with Crippen molar-refractivity contribution in [1.29, 1.82) is 0 Å². The maximum atomic E-state index is 13.7. The summed E-state index contributed by atoms with van der Waals surface area (Å²) in [6, 6.07) is 0. The first-order valence-corrected chi connectivity index (χ1v) is 8.86. The molecule has 0 aromatic heterocycles. The number of nitrogens with two attached hydrogens (primary N) is 2. The summed E-state index contributed by atoms with van der Waals surface area (Å²) in [5.41, 5.74) is 3.03. The highest BCUT2D eigenvalue weighted by molar-refractivity contribution is 6.51. The van der Waals surface area contributed by atoms with Gasteiger partial charge in [0.05, 0.1) is 52.6 Å². The van der Waals surface area contributed by atoms with Crippen molar-refractivity contribution in [2.45, 2.75) is 12.4 Å². The van der Waals surface area contributed by atoms with Crippen LogP contribution in [0.15, 0.2) is 0 Å². The lowest BCUT2D eigenvalue weighted by molar-refractivity contribution is -0.139. The van der Waals surface area contributed by atoms with Crippen LogP contribution < -0.4 is 11.5 Å². The van der Waals surface area contributed by atoms with E-state index in [1.165, 1.54) is 0 Å². The molecule has 0 spiro atoms. The van der Waals surface area contributed by atoms with Gasteiger partial charge in [0.1, 0.15) is 0 Å². The molecule has 0 saturated heterocycles. The van der Waals surface area contributed by atoms with E-state index < -0.39 is 76.1 Å². The highest BCUT2D eigenvalue weighted by Gasteiger charge is 2.45. The van der Waals surface area contributed by atoms with Gasteiger partial charge in [0.25, 0.3) is 0 Å². The molecule has 0 amide bonds. The fraction of sp³-hybridized carbons (Fsp3) is 0.143. The number of halogens is 12. The van der Waals surface area contributed by atoms with Crippen molar-refractivity contribution in [3.63, 3.8) is 0 Å². The van der Waals surface area contributed by atoms with Crippen LogP contribution in [0.3, 0.4) is 0 Å². The summed E-state index contributed by atoms with van der Waals surface area (Å²) in [5.74, 6) is 0. The average molecular weight is 527 g/mol. The molecule has 2 nitrogen and oxygen atoms in total. The van der Waals surface area contributed by atoms with Crippen LogP contribution >= 0.6 is 69.6 Å². The molecule has 0 aliphatic heterocycles. The Hall–Kier alpha value is -0.640. The van der Waals surface area contributed by atoms with Gasteiger partial charge >= 0.3 is 12.4 Å². The summed E-state index contributed by atoms with van der Waals surface area (Å²) in [5, 5.41) is -5.76. The van der Waals surface area contributed by atoms with Crippen molar-refractivity contribution in [2.24, 2.45) is 0 Å². The van der Waals surface area contributed by atoms with E-state index in [9.17, 15) is 26.3 Å². The summed E-state index contributed by atoms with van der Waals surface area (Å²) >= 11 is 34.5. The smallest absolute Gasteiger partial charge is 0.396 e. The largest absolute Gasteiger partial charge is 0.418 e. The van der Waals surface area contributed by atoms with E-state index in [4.69, 9.17) is 81.1 Å². The topological polar surface area (TPSA) is 52.0 Å². The summed E-state index contributed by atoms with van der Waals surface area (Å²) in [6.45, 7) is 0. The fourth-order valence-electron chi connectivity index (χ4n) is 2.36. The van der Waals surface area contributed by atoms with Crippen LogP contribution in [0.25, 0.3) is 11.1 Å². The van der Waals surface area contributed by atoms with Gasteiger partial charge in [0, 0.05) is 11.1 Å². The SMILES string of the molecule is Nc1c(Cl)c(Cl)c(-c2c(Cl)c(Cl)c(N)c(Cl)c2C(F)(F)F)c(C(F)(F)F)c1Cl. The predicted molar refractivity (Wildman–Crippen MR) is 101 cm³/mol. The van der Waals surface area contributed by atoms with E-state index in [1.807, 2.05) is 0 Å². The second-order valence-electron chi connectivity index (χ2n) is 5.21. The van der Waals surface area contributed by atoms with Crippen molar-refractivity contribution in [3.8, 4) is 11.1 Å². The third-order valence-corrected chi connectivity index (χ3v) is 6.05. The van der Waals surface area contributed by atoms with Gasteiger partial charge < -0.3 is 11.5 Å². The Balaban J connectivity index is 3.28. The zero-order valence-electron chi connectivity index (χ0n) is 12.7. The van der Waals surface area contributed by atoms with Gasteiger partial charge in [-0.15, -0.1) is 0 Å². The average Bonchev–Trinajstić information content (AvgIpc) is 2.55. The molecular weight excluding hydrogens is 523 g/mol. The van der Waals surface area contributed by atoms with Crippen molar-refractivity contribution < 1.29 is 26.3 Å². The number of alkyl halides is 6. The van der Waals surface area contributed by atoms with Crippen LogP contribution in [0.4, 0.5) is 37.7 Å². The monoisotopic (exact) mass is 524 g/mol. The van der Waals surface area contributed by atoms with E-state index in [2.05, 4.69) is 0 Å². The Morgan fingerprint density at radius 3 is 0.929 bits per heavy atom. The van der Waals surface area contributed by atoms with E-state index in [-0.39, 0.29) is 0 Å². The standard InChI is InChI=1S/C14H4Cl6F6N2/c15-5-1(3(13(21,22)23)7(17)11(27)9(5)19)2-4(14(24,25)26)8(18)12(28)10(20)6(2)16/h27-28H2. The minimum Gasteiger partial charge on any atom is -0.396 e. The Morgan fingerprint density at radius 1 is 0.464 bits per heavy atom. The maximum absolute atomic E-state index is 13.7. The molecule has 0 atom stereocenters. The third kappa shape index (κ3) is 3.75. The first kappa shape index (κ1) is 23.6. The van der Waals surface area contributed by atoms with Gasteiger partial charge in [-0.25, -0.2) is 0 Å². The highest BCUT2D eigenvalue weighted by atomic mass is 35.5. The van der Waals surface area contributed by atoms with E-state index in [1.54, 1.807) is 0 Å². The van der Waals surface area contributed by atoms with Crippen LogP contribution in [0.1, 0.15) is 11.1 Å². The number of benzene rings is 2. The molecule has 2 aromatic carbocycles. The van der Waals surface area contributed by atoms with Gasteiger partial charge in [-0.05, 0) is 0 Å². The van der Waals surface area contributed by atoms with Crippen LogP contribution in [0.5, 0.6) is 0 Å². The first-order chi connectivity index (χ1) is 12.5. The zero-order chi connectivity index (χ0) is 21.9. The minimum absolute atomic E-state index is 0.720. The van der Waals surface area contributed by atoms with Crippen molar-refractivity contribution >= 4 is 81.0 Å². The molecule has 4 N–H and O–H groups in total. The molecular formula is C14H4Cl6F6N2. The molecule has 154 valence electrons. The van der Waals surface area contributed by atoms with Gasteiger partial charge in [-0.2, -0.15) is 26.3 Å². The second-order valence-corrected chi connectivity index (χ2v) is 7.47. The molecule has 0 aliphatic rings. The van der Waals surface area contributed by atoms with Crippen molar-refractivity contribution in [1.82, 2.24) is 0 Å². The van der Waals surface area contributed by atoms with Crippen LogP contribution in [0, 0.1) is 0 Å². The Bertz CT molecular complexity index is 907. The summed E-state index contributed by atoms with van der Waals surface area (Å²) in [4.78, 5) is 0. The molecule has 0 bridgehead atoms.